The van der Waals surface area contributed by atoms with Gasteiger partial charge in [0.1, 0.15) is 0 Å². The summed E-state index contributed by atoms with van der Waals surface area (Å²) in [5, 5.41) is 3.11. The van der Waals surface area contributed by atoms with Crippen LogP contribution in [0.2, 0.25) is 0 Å². The van der Waals surface area contributed by atoms with Crippen molar-refractivity contribution in [1.82, 2.24) is 10.2 Å². The van der Waals surface area contributed by atoms with Gasteiger partial charge in [-0.05, 0) is 39.3 Å². The summed E-state index contributed by atoms with van der Waals surface area (Å²) in [4.78, 5) is 13.8. The fourth-order valence-electron chi connectivity index (χ4n) is 2.60. The molecule has 2 rings (SSSR count). The first-order valence-electron chi connectivity index (χ1n) is 5.28. The van der Waals surface area contributed by atoms with Crippen LogP contribution >= 0.6 is 0 Å². The van der Waals surface area contributed by atoms with Crippen LogP contribution in [0.5, 0.6) is 0 Å². The van der Waals surface area contributed by atoms with Crippen molar-refractivity contribution in [3.63, 3.8) is 0 Å². The molecule has 1 amide bonds. The molecule has 3 nitrogen and oxygen atoms in total. The summed E-state index contributed by atoms with van der Waals surface area (Å²) in [7, 11) is 1.96. The average molecular weight is 182 g/mol. The van der Waals surface area contributed by atoms with E-state index in [4.69, 9.17) is 0 Å². The number of carbonyl (C=O) groups is 1. The third kappa shape index (κ3) is 1.57. The summed E-state index contributed by atoms with van der Waals surface area (Å²) < 4.78 is 0. The maximum atomic E-state index is 11.7. The van der Waals surface area contributed by atoms with Crippen molar-refractivity contribution in [3.8, 4) is 0 Å². The average Bonchev–Trinajstić information content (AvgIpc) is 2.69. The number of hydrogen-bond donors (Lipinski definition) is 1. The van der Waals surface area contributed by atoms with Crippen LogP contribution < -0.4 is 5.32 Å². The second-order valence-electron chi connectivity index (χ2n) is 4.15. The van der Waals surface area contributed by atoms with Crippen molar-refractivity contribution >= 4 is 5.91 Å². The van der Waals surface area contributed by atoms with Crippen molar-refractivity contribution in [1.29, 1.82) is 0 Å². The summed E-state index contributed by atoms with van der Waals surface area (Å²) in [5.41, 5.74) is 0. The van der Waals surface area contributed by atoms with Crippen LogP contribution in [0.4, 0.5) is 0 Å². The molecule has 2 fully saturated rings. The van der Waals surface area contributed by atoms with Crippen LogP contribution in [0.25, 0.3) is 0 Å². The van der Waals surface area contributed by atoms with Crippen LogP contribution in [-0.2, 0) is 4.79 Å². The molecule has 2 unspecified atom stereocenters. The van der Waals surface area contributed by atoms with E-state index in [1.165, 1.54) is 6.42 Å². The Bertz CT molecular complexity index is 205. The summed E-state index contributed by atoms with van der Waals surface area (Å²) in [6, 6.07) is 0.592. The molecule has 1 saturated heterocycles. The lowest BCUT2D eigenvalue weighted by atomic mass is 10.1. The van der Waals surface area contributed by atoms with Gasteiger partial charge >= 0.3 is 0 Å². The van der Waals surface area contributed by atoms with E-state index in [-0.39, 0.29) is 0 Å². The molecular weight excluding hydrogens is 164 g/mol. The monoisotopic (exact) mass is 182 g/mol. The van der Waals surface area contributed by atoms with Gasteiger partial charge in [-0.15, -0.1) is 0 Å². The molecule has 0 spiro atoms. The number of amides is 1. The summed E-state index contributed by atoms with van der Waals surface area (Å²) in [6.07, 6.45) is 4.62. The minimum absolute atomic E-state index is 0.389. The highest BCUT2D eigenvalue weighted by Gasteiger charge is 2.43. The number of likely N-dealkylation sites (tertiary alicyclic amines) is 1. The minimum atomic E-state index is 0.389. The maximum absolute atomic E-state index is 11.7. The van der Waals surface area contributed by atoms with Crippen LogP contribution in [0.3, 0.4) is 0 Å². The molecule has 1 saturated carbocycles. The number of piperidine rings is 1. The Morgan fingerprint density at radius 3 is 3.00 bits per heavy atom. The van der Waals surface area contributed by atoms with E-state index in [1.54, 1.807) is 0 Å². The molecule has 1 heterocycles. The highest BCUT2D eigenvalue weighted by Crippen LogP contribution is 2.38. The molecule has 13 heavy (non-hydrogen) atoms. The third-order valence-electron chi connectivity index (χ3n) is 3.30. The van der Waals surface area contributed by atoms with E-state index in [0.717, 1.165) is 32.4 Å². The Kier molecular flexibility index (Phi) is 2.54. The van der Waals surface area contributed by atoms with E-state index < -0.39 is 0 Å². The molecule has 2 atom stereocenters. The Morgan fingerprint density at radius 2 is 2.38 bits per heavy atom. The first kappa shape index (κ1) is 9.00. The van der Waals surface area contributed by atoms with E-state index in [9.17, 15) is 4.79 Å². The largest absolute Gasteiger partial charge is 0.339 e. The maximum Gasteiger partial charge on any atom is 0.226 e. The SMILES string of the molecule is CNCCCN1C(=O)C2CCC1C2. The zero-order valence-electron chi connectivity index (χ0n) is 8.25. The third-order valence-corrected chi connectivity index (χ3v) is 3.30. The van der Waals surface area contributed by atoms with Crippen molar-refractivity contribution < 1.29 is 4.79 Å². The van der Waals surface area contributed by atoms with Gasteiger partial charge in [-0.3, -0.25) is 4.79 Å². The lowest BCUT2D eigenvalue weighted by Crippen LogP contribution is -2.38. The van der Waals surface area contributed by atoms with Gasteiger partial charge in [-0.1, -0.05) is 0 Å². The Balaban J connectivity index is 1.83. The fraction of sp³-hybridized carbons (Fsp3) is 0.900. The number of nitrogens with zero attached hydrogens (tertiary/aromatic N) is 1. The van der Waals surface area contributed by atoms with Crippen molar-refractivity contribution in [3.05, 3.63) is 0 Å². The highest BCUT2D eigenvalue weighted by molar-refractivity contribution is 5.82. The van der Waals surface area contributed by atoms with Crippen molar-refractivity contribution in [2.45, 2.75) is 31.7 Å². The predicted octanol–water partition coefficient (Wildman–Crippen LogP) is 0.607. The second-order valence-corrected chi connectivity index (χ2v) is 4.15. The number of hydrogen-bond acceptors (Lipinski definition) is 2. The smallest absolute Gasteiger partial charge is 0.226 e. The van der Waals surface area contributed by atoms with Crippen molar-refractivity contribution in [2.75, 3.05) is 20.1 Å². The van der Waals surface area contributed by atoms with Gasteiger partial charge in [0.15, 0.2) is 0 Å². The Morgan fingerprint density at radius 1 is 1.54 bits per heavy atom. The molecule has 1 aliphatic heterocycles. The summed E-state index contributed by atoms with van der Waals surface area (Å²) in [6.45, 7) is 1.97. The molecule has 0 aromatic rings. The van der Waals surface area contributed by atoms with Crippen LogP contribution in [-0.4, -0.2) is 37.0 Å². The van der Waals surface area contributed by atoms with Gasteiger partial charge in [-0.25, -0.2) is 0 Å². The van der Waals surface area contributed by atoms with Gasteiger partial charge in [0.2, 0.25) is 5.91 Å². The summed E-state index contributed by atoms with van der Waals surface area (Å²) >= 11 is 0. The molecule has 0 aromatic heterocycles. The normalized spacial score (nSPS) is 31.8. The number of nitrogens with one attached hydrogen (secondary N) is 1. The first-order valence-corrected chi connectivity index (χ1v) is 5.28. The Hall–Kier alpha value is -0.570. The van der Waals surface area contributed by atoms with E-state index >= 15 is 0 Å². The topological polar surface area (TPSA) is 32.3 Å². The molecular formula is C10H18N2O. The Labute approximate surface area is 79.5 Å². The van der Waals surface area contributed by atoms with Gasteiger partial charge in [-0.2, -0.15) is 0 Å². The van der Waals surface area contributed by atoms with E-state index in [2.05, 4.69) is 10.2 Å². The number of rotatable bonds is 4. The van der Waals surface area contributed by atoms with Gasteiger partial charge in [0, 0.05) is 18.5 Å². The molecule has 0 aromatic carbocycles. The quantitative estimate of drug-likeness (QED) is 0.646. The lowest BCUT2D eigenvalue weighted by Gasteiger charge is -2.26. The second kappa shape index (κ2) is 3.66. The minimum Gasteiger partial charge on any atom is -0.339 e. The number of fused-ring (bicyclic) bond motifs is 2. The zero-order chi connectivity index (χ0) is 9.26. The fourth-order valence-corrected chi connectivity index (χ4v) is 2.60. The van der Waals surface area contributed by atoms with Gasteiger partial charge in [0.05, 0.1) is 0 Å². The standard InChI is InChI=1S/C10H18N2O/c1-11-5-2-6-12-9-4-3-8(7-9)10(12)13/h8-9,11H,2-7H2,1H3. The van der Waals surface area contributed by atoms with Crippen LogP contribution in [0, 0.1) is 5.92 Å². The van der Waals surface area contributed by atoms with Gasteiger partial charge < -0.3 is 10.2 Å². The predicted molar refractivity (Wildman–Crippen MR) is 51.4 cm³/mol. The first-order chi connectivity index (χ1) is 6.33. The molecule has 0 radical (unpaired) electrons. The molecule has 3 heteroatoms. The number of carbonyl (C=O) groups excluding carboxylic acids is 1. The molecule has 2 bridgehead atoms. The molecule has 74 valence electrons. The van der Waals surface area contributed by atoms with Crippen molar-refractivity contribution in [2.24, 2.45) is 5.92 Å². The lowest BCUT2D eigenvalue weighted by molar-refractivity contribution is -0.134. The molecule has 1 N–H and O–H groups in total. The van der Waals surface area contributed by atoms with E-state index in [0.29, 0.717) is 17.9 Å². The highest BCUT2D eigenvalue weighted by atomic mass is 16.2. The summed E-state index contributed by atoms with van der Waals surface area (Å²) in [5.74, 6) is 0.812. The van der Waals surface area contributed by atoms with Gasteiger partial charge in [0.25, 0.3) is 0 Å². The van der Waals surface area contributed by atoms with E-state index in [1.807, 2.05) is 7.05 Å². The molecule has 1 aliphatic carbocycles. The molecule has 2 aliphatic rings. The van der Waals surface area contributed by atoms with Crippen LogP contribution in [0.15, 0.2) is 0 Å². The van der Waals surface area contributed by atoms with Crippen LogP contribution in [0.1, 0.15) is 25.7 Å². The zero-order valence-corrected chi connectivity index (χ0v) is 8.25.